The topological polar surface area (TPSA) is 80.1 Å². The van der Waals surface area contributed by atoms with Gasteiger partial charge in [0.25, 0.3) is 5.56 Å². The average molecular weight is 416 g/mol. The van der Waals surface area contributed by atoms with Gasteiger partial charge in [-0.05, 0) is 25.0 Å². The Balaban J connectivity index is 1.60. The maximum atomic E-state index is 12.9. The quantitative estimate of drug-likeness (QED) is 0.827. The SMILES string of the molecule is O=C(Cn1cc(C(F)(F)F)cc(Cl)c1=O)NC1CCN(c2ncccn2)CC1. The van der Waals surface area contributed by atoms with Crippen molar-refractivity contribution >= 4 is 23.5 Å². The molecule has 11 heteroatoms. The van der Waals surface area contributed by atoms with E-state index in [9.17, 15) is 22.8 Å². The normalized spacial score (nSPS) is 15.5. The second-order valence-corrected chi connectivity index (χ2v) is 6.79. The van der Waals surface area contributed by atoms with Crippen LogP contribution >= 0.6 is 11.6 Å². The number of nitrogens with zero attached hydrogens (tertiary/aromatic N) is 4. The molecule has 3 rings (SSSR count). The molecule has 1 N–H and O–H groups in total. The fraction of sp³-hybridized carbons (Fsp3) is 0.412. The predicted molar refractivity (Wildman–Crippen MR) is 96.1 cm³/mol. The summed E-state index contributed by atoms with van der Waals surface area (Å²) in [5, 5.41) is 2.17. The number of halogens is 4. The minimum Gasteiger partial charge on any atom is -0.352 e. The third kappa shape index (κ3) is 4.80. The largest absolute Gasteiger partial charge is 0.417 e. The number of nitrogens with one attached hydrogen (secondary N) is 1. The summed E-state index contributed by atoms with van der Waals surface area (Å²) in [7, 11) is 0. The highest BCUT2D eigenvalue weighted by molar-refractivity contribution is 6.30. The molecule has 2 aromatic rings. The first-order chi connectivity index (χ1) is 13.2. The summed E-state index contributed by atoms with van der Waals surface area (Å²) in [6.45, 7) is 0.721. The standard InChI is InChI=1S/C17H17ClF3N5O2/c18-13-8-11(17(19,20)21)9-26(15(13)28)10-14(27)24-12-2-6-25(7-3-12)16-22-4-1-5-23-16/h1,4-5,8-9,12H,2-3,6-7,10H2,(H,24,27). The zero-order valence-electron chi connectivity index (χ0n) is 14.6. The van der Waals surface area contributed by atoms with E-state index in [1.807, 2.05) is 4.90 Å². The lowest BCUT2D eigenvalue weighted by Gasteiger charge is -2.32. The molecule has 0 saturated carbocycles. The van der Waals surface area contributed by atoms with Crippen LogP contribution in [-0.2, 0) is 17.5 Å². The Kier molecular flexibility index (Phi) is 5.87. The van der Waals surface area contributed by atoms with Gasteiger partial charge in [0.15, 0.2) is 0 Å². The number of aromatic nitrogens is 3. The molecule has 3 heterocycles. The molecule has 1 aliphatic heterocycles. The van der Waals surface area contributed by atoms with Gasteiger partial charge in [0.1, 0.15) is 11.6 Å². The highest BCUT2D eigenvalue weighted by Crippen LogP contribution is 2.29. The molecular weight excluding hydrogens is 399 g/mol. The van der Waals surface area contributed by atoms with E-state index in [4.69, 9.17) is 11.6 Å². The molecule has 1 fully saturated rings. The molecule has 0 aliphatic carbocycles. The lowest BCUT2D eigenvalue weighted by Crippen LogP contribution is -2.46. The lowest BCUT2D eigenvalue weighted by atomic mass is 10.1. The van der Waals surface area contributed by atoms with Crippen molar-refractivity contribution in [3.8, 4) is 0 Å². The van der Waals surface area contributed by atoms with Crippen LogP contribution in [0, 0.1) is 0 Å². The van der Waals surface area contributed by atoms with Crippen LogP contribution in [0.4, 0.5) is 19.1 Å². The molecule has 150 valence electrons. The van der Waals surface area contributed by atoms with Gasteiger partial charge in [-0.15, -0.1) is 0 Å². The summed E-state index contributed by atoms with van der Waals surface area (Å²) < 4.78 is 39.3. The van der Waals surface area contributed by atoms with Crippen LogP contribution in [0.2, 0.25) is 5.02 Å². The first kappa shape index (κ1) is 20.1. The molecule has 7 nitrogen and oxygen atoms in total. The minimum atomic E-state index is -4.66. The van der Waals surface area contributed by atoms with Crippen LogP contribution in [0.15, 0.2) is 35.5 Å². The van der Waals surface area contributed by atoms with Crippen molar-refractivity contribution in [2.75, 3.05) is 18.0 Å². The third-order valence-electron chi connectivity index (χ3n) is 4.38. The molecule has 1 amide bonds. The van der Waals surface area contributed by atoms with Gasteiger partial charge in [0, 0.05) is 37.7 Å². The van der Waals surface area contributed by atoms with Crippen molar-refractivity contribution in [3.63, 3.8) is 0 Å². The average Bonchev–Trinajstić information content (AvgIpc) is 2.65. The molecule has 1 saturated heterocycles. The number of hydrogen-bond donors (Lipinski definition) is 1. The summed E-state index contributed by atoms with van der Waals surface area (Å²) >= 11 is 5.59. The van der Waals surface area contributed by atoms with Crippen molar-refractivity contribution in [2.24, 2.45) is 0 Å². The van der Waals surface area contributed by atoms with Gasteiger partial charge in [0.05, 0.1) is 5.56 Å². The van der Waals surface area contributed by atoms with Gasteiger partial charge in [-0.1, -0.05) is 11.6 Å². The van der Waals surface area contributed by atoms with Gasteiger partial charge in [0.2, 0.25) is 11.9 Å². The van der Waals surface area contributed by atoms with Gasteiger partial charge < -0.3 is 14.8 Å². The van der Waals surface area contributed by atoms with Crippen LogP contribution in [0.5, 0.6) is 0 Å². The van der Waals surface area contributed by atoms with E-state index < -0.39 is 34.8 Å². The Bertz CT molecular complexity index is 896. The highest BCUT2D eigenvalue weighted by atomic mass is 35.5. The zero-order valence-corrected chi connectivity index (χ0v) is 15.4. The number of anilines is 1. The number of amides is 1. The van der Waals surface area contributed by atoms with Gasteiger partial charge in [-0.3, -0.25) is 9.59 Å². The Labute approximate surface area is 163 Å². The molecule has 0 unspecified atom stereocenters. The molecule has 0 bridgehead atoms. The number of pyridine rings is 1. The number of carbonyl (C=O) groups is 1. The number of piperidine rings is 1. The predicted octanol–water partition coefficient (Wildman–Crippen LogP) is 2.10. The van der Waals surface area contributed by atoms with Crippen molar-refractivity contribution in [3.05, 3.63) is 51.7 Å². The Morgan fingerprint density at radius 1 is 1.25 bits per heavy atom. The second kappa shape index (κ2) is 8.17. The van der Waals surface area contributed by atoms with Crippen molar-refractivity contribution in [2.45, 2.75) is 31.6 Å². The van der Waals surface area contributed by atoms with E-state index in [-0.39, 0.29) is 6.04 Å². The van der Waals surface area contributed by atoms with Crippen molar-refractivity contribution in [1.82, 2.24) is 19.9 Å². The number of alkyl halides is 3. The summed E-state index contributed by atoms with van der Waals surface area (Å²) in [6.07, 6.45) is 0.484. The van der Waals surface area contributed by atoms with Crippen molar-refractivity contribution in [1.29, 1.82) is 0 Å². The van der Waals surface area contributed by atoms with Crippen LogP contribution in [0.1, 0.15) is 18.4 Å². The summed E-state index contributed by atoms with van der Waals surface area (Å²) in [5.74, 6) is 0.0596. The molecular formula is C17H17ClF3N5O2. The van der Waals surface area contributed by atoms with E-state index in [0.29, 0.717) is 48.7 Å². The third-order valence-corrected chi connectivity index (χ3v) is 4.65. The minimum absolute atomic E-state index is 0.149. The Hall–Kier alpha value is -2.62. The molecule has 0 atom stereocenters. The first-order valence-corrected chi connectivity index (χ1v) is 8.90. The van der Waals surface area contributed by atoms with E-state index in [1.54, 1.807) is 18.5 Å². The fourth-order valence-corrected chi connectivity index (χ4v) is 3.20. The number of carbonyl (C=O) groups excluding carboxylic acids is 1. The summed E-state index contributed by atoms with van der Waals surface area (Å²) in [4.78, 5) is 34.5. The van der Waals surface area contributed by atoms with Crippen LogP contribution in [0.25, 0.3) is 0 Å². The molecule has 0 spiro atoms. The molecule has 1 aliphatic rings. The molecule has 28 heavy (non-hydrogen) atoms. The van der Waals surface area contributed by atoms with Crippen LogP contribution < -0.4 is 15.8 Å². The lowest BCUT2D eigenvalue weighted by molar-refractivity contribution is -0.138. The van der Waals surface area contributed by atoms with E-state index in [1.165, 1.54) is 0 Å². The summed E-state index contributed by atoms with van der Waals surface area (Å²) in [5.41, 5.74) is -1.93. The Morgan fingerprint density at radius 3 is 2.50 bits per heavy atom. The maximum Gasteiger partial charge on any atom is 0.417 e. The summed E-state index contributed by atoms with van der Waals surface area (Å²) in [6, 6.07) is 2.13. The first-order valence-electron chi connectivity index (χ1n) is 8.52. The second-order valence-electron chi connectivity index (χ2n) is 6.39. The molecule has 2 aromatic heterocycles. The van der Waals surface area contributed by atoms with E-state index >= 15 is 0 Å². The number of rotatable bonds is 4. The zero-order chi connectivity index (χ0) is 20.3. The van der Waals surface area contributed by atoms with E-state index in [0.717, 1.165) is 0 Å². The molecule has 0 radical (unpaired) electrons. The van der Waals surface area contributed by atoms with Crippen molar-refractivity contribution < 1.29 is 18.0 Å². The number of hydrogen-bond acceptors (Lipinski definition) is 5. The van der Waals surface area contributed by atoms with Crippen LogP contribution in [0.3, 0.4) is 0 Å². The fourth-order valence-electron chi connectivity index (χ4n) is 2.98. The van der Waals surface area contributed by atoms with Gasteiger partial charge in [-0.25, -0.2) is 9.97 Å². The van der Waals surface area contributed by atoms with Crippen LogP contribution in [-0.4, -0.2) is 39.6 Å². The van der Waals surface area contributed by atoms with Gasteiger partial charge in [-0.2, -0.15) is 13.2 Å². The smallest absolute Gasteiger partial charge is 0.352 e. The maximum absolute atomic E-state index is 12.9. The Morgan fingerprint density at radius 2 is 1.89 bits per heavy atom. The molecule has 0 aromatic carbocycles. The van der Waals surface area contributed by atoms with E-state index in [2.05, 4.69) is 15.3 Å². The monoisotopic (exact) mass is 415 g/mol. The highest BCUT2D eigenvalue weighted by Gasteiger charge is 2.32. The van der Waals surface area contributed by atoms with Gasteiger partial charge >= 0.3 is 6.18 Å².